The zero-order valence-electron chi connectivity index (χ0n) is 11.2. The van der Waals surface area contributed by atoms with Crippen molar-refractivity contribution in [2.45, 2.75) is 38.8 Å². The van der Waals surface area contributed by atoms with Crippen LogP contribution in [-0.2, 0) is 4.79 Å². The molecule has 2 aliphatic carbocycles. The van der Waals surface area contributed by atoms with Crippen molar-refractivity contribution in [3.05, 3.63) is 0 Å². The van der Waals surface area contributed by atoms with Crippen LogP contribution in [0.5, 0.6) is 0 Å². The standard InChI is InChI=1S/C14H24N2O2/c1-7(2)11(5-15)14(18)16-6-9-3-8-4-10(9)12(16)13(8)17/h7-13,17H,3-6,15H2,1-2H3. The number of nitrogens with zero attached hydrogens (tertiary/aromatic N) is 1. The number of hydrogen-bond donors (Lipinski definition) is 2. The van der Waals surface area contributed by atoms with Gasteiger partial charge in [0, 0.05) is 13.1 Å². The van der Waals surface area contributed by atoms with Crippen molar-refractivity contribution in [3.63, 3.8) is 0 Å². The van der Waals surface area contributed by atoms with Crippen LogP contribution in [0.4, 0.5) is 0 Å². The molecule has 102 valence electrons. The summed E-state index contributed by atoms with van der Waals surface area (Å²) in [6, 6.07) is 0.0917. The first-order valence-corrected chi connectivity index (χ1v) is 7.23. The third kappa shape index (κ3) is 1.55. The Bertz CT molecular complexity index is 356. The van der Waals surface area contributed by atoms with Gasteiger partial charge in [0.15, 0.2) is 0 Å². The van der Waals surface area contributed by atoms with E-state index in [0.717, 1.165) is 19.4 Å². The minimum atomic E-state index is -0.289. The van der Waals surface area contributed by atoms with Crippen molar-refractivity contribution in [2.24, 2.45) is 35.3 Å². The predicted octanol–water partition coefficient (Wildman–Crippen LogP) is 0.445. The van der Waals surface area contributed by atoms with Crippen LogP contribution in [0.25, 0.3) is 0 Å². The average molecular weight is 252 g/mol. The molecule has 4 nitrogen and oxygen atoms in total. The van der Waals surface area contributed by atoms with Crippen LogP contribution in [-0.4, -0.2) is 41.1 Å². The summed E-state index contributed by atoms with van der Waals surface area (Å²) in [5.74, 6) is 1.99. The maximum absolute atomic E-state index is 12.6. The monoisotopic (exact) mass is 252 g/mol. The second-order valence-electron chi connectivity index (χ2n) is 6.71. The van der Waals surface area contributed by atoms with Crippen molar-refractivity contribution in [3.8, 4) is 0 Å². The van der Waals surface area contributed by atoms with Gasteiger partial charge in [0.05, 0.1) is 18.1 Å². The lowest BCUT2D eigenvalue weighted by Gasteiger charge is -2.32. The first-order chi connectivity index (χ1) is 8.54. The molecule has 2 bridgehead atoms. The van der Waals surface area contributed by atoms with E-state index < -0.39 is 0 Å². The number of nitrogens with two attached hydrogens (primary N) is 1. The van der Waals surface area contributed by atoms with Gasteiger partial charge in [-0.05, 0) is 36.5 Å². The fraction of sp³-hybridized carbons (Fsp3) is 0.929. The van der Waals surface area contributed by atoms with E-state index in [9.17, 15) is 9.90 Å². The maximum atomic E-state index is 12.6. The lowest BCUT2D eigenvalue weighted by Crippen LogP contribution is -2.48. The van der Waals surface area contributed by atoms with Crippen molar-refractivity contribution in [1.82, 2.24) is 4.90 Å². The molecule has 6 unspecified atom stereocenters. The molecule has 3 fully saturated rings. The molecule has 0 spiro atoms. The highest BCUT2D eigenvalue weighted by Gasteiger charge is 2.60. The van der Waals surface area contributed by atoms with Gasteiger partial charge in [-0.3, -0.25) is 4.79 Å². The number of amides is 1. The summed E-state index contributed by atoms with van der Waals surface area (Å²) >= 11 is 0. The number of aliphatic hydroxyl groups is 1. The van der Waals surface area contributed by atoms with Crippen LogP contribution in [0.2, 0.25) is 0 Å². The molecule has 1 heterocycles. The third-order valence-corrected chi connectivity index (χ3v) is 5.51. The number of aliphatic hydroxyl groups excluding tert-OH is 1. The maximum Gasteiger partial charge on any atom is 0.227 e. The zero-order chi connectivity index (χ0) is 13.0. The minimum absolute atomic E-state index is 0.0891. The van der Waals surface area contributed by atoms with E-state index in [0.29, 0.717) is 24.3 Å². The molecule has 18 heavy (non-hydrogen) atoms. The summed E-state index contributed by atoms with van der Waals surface area (Å²) in [5.41, 5.74) is 5.75. The van der Waals surface area contributed by atoms with Gasteiger partial charge in [-0.25, -0.2) is 0 Å². The zero-order valence-corrected chi connectivity index (χ0v) is 11.2. The van der Waals surface area contributed by atoms with Gasteiger partial charge in [0.1, 0.15) is 0 Å². The molecule has 2 saturated carbocycles. The lowest BCUT2D eigenvalue weighted by atomic mass is 9.88. The Hall–Kier alpha value is -0.610. The van der Waals surface area contributed by atoms with Crippen molar-refractivity contribution in [2.75, 3.05) is 13.1 Å². The largest absolute Gasteiger partial charge is 0.391 e. The van der Waals surface area contributed by atoms with Crippen LogP contribution in [0, 0.1) is 29.6 Å². The van der Waals surface area contributed by atoms with Gasteiger partial charge in [-0.1, -0.05) is 13.8 Å². The number of carbonyl (C=O) groups is 1. The van der Waals surface area contributed by atoms with Gasteiger partial charge in [-0.15, -0.1) is 0 Å². The molecule has 1 saturated heterocycles. The molecule has 1 amide bonds. The molecule has 3 rings (SSSR count). The molecule has 4 heteroatoms. The quantitative estimate of drug-likeness (QED) is 0.766. The lowest BCUT2D eigenvalue weighted by molar-refractivity contribution is -0.139. The van der Waals surface area contributed by atoms with Gasteiger partial charge in [-0.2, -0.15) is 0 Å². The molecule has 0 aromatic rings. The Kier molecular flexibility index (Phi) is 2.90. The van der Waals surface area contributed by atoms with Crippen molar-refractivity contribution in [1.29, 1.82) is 0 Å². The number of rotatable bonds is 3. The SMILES string of the molecule is CC(C)C(CN)C(=O)N1CC2CC3CC2C1C3O. The minimum Gasteiger partial charge on any atom is -0.391 e. The summed E-state index contributed by atoms with van der Waals surface area (Å²) in [5, 5.41) is 10.3. The molecular weight excluding hydrogens is 228 g/mol. The summed E-state index contributed by atoms with van der Waals surface area (Å²) in [6.07, 6.45) is 1.94. The van der Waals surface area contributed by atoms with Gasteiger partial charge >= 0.3 is 0 Å². The van der Waals surface area contributed by atoms with Crippen LogP contribution >= 0.6 is 0 Å². The molecule has 6 atom stereocenters. The van der Waals surface area contributed by atoms with E-state index in [1.807, 2.05) is 18.7 Å². The van der Waals surface area contributed by atoms with Crippen LogP contribution < -0.4 is 5.73 Å². The predicted molar refractivity (Wildman–Crippen MR) is 68.6 cm³/mol. The summed E-state index contributed by atoms with van der Waals surface area (Å²) in [6.45, 7) is 5.36. The van der Waals surface area contributed by atoms with Crippen LogP contribution in [0.1, 0.15) is 26.7 Å². The molecule has 1 aliphatic heterocycles. The Labute approximate surface area is 109 Å². The van der Waals surface area contributed by atoms with E-state index in [2.05, 4.69) is 0 Å². The van der Waals surface area contributed by atoms with Crippen LogP contribution in [0.3, 0.4) is 0 Å². The van der Waals surface area contributed by atoms with E-state index in [1.54, 1.807) is 0 Å². The second kappa shape index (κ2) is 4.20. The average Bonchev–Trinajstić information content (AvgIpc) is 2.89. The van der Waals surface area contributed by atoms with E-state index in [4.69, 9.17) is 5.73 Å². The van der Waals surface area contributed by atoms with Gasteiger partial charge in [0.2, 0.25) is 5.91 Å². The summed E-state index contributed by atoms with van der Waals surface area (Å²) in [7, 11) is 0. The topological polar surface area (TPSA) is 66.6 Å². The highest BCUT2D eigenvalue weighted by Crippen LogP contribution is 2.55. The fourth-order valence-corrected chi connectivity index (χ4v) is 4.54. The summed E-state index contributed by atoms with van der Waals surface area (Å²) in [4.78, 5) is 14.6. The third-order valence-electron chi connectivity index (χ3n) is 5.51. The van der Waals surface area contributed by atoms with E-state index in [-0.39, 0.29) is 29.9 Å². The fourth-order valence-electron chi connectivity index (χ4n) is 4.54. The Morgan fingerprint density at radius 2 is 2.11 bits per heavy atom. The highest BCUT2D eigenvalue weighted by molar-refractivity contribution is 5.80. The molecule has 0 aromatic carbocycles. The molecule has 0 aromatic heterocycles. The first kappa shape index (κ1) is 12.4. The van der Waals surface area contributed by atoms with E-state index in [1.165, 1.54) is 0 Å². The Balaban J connectivity index is 1.80. The normalized spacial score (nSPS) is 42.9. The highest BCUT2D eigenvalue weighted by atomic mass is 16.3. The van der Waals surface area contributed by atoms with E-state index >= 15 is 0 Å². The molecule has 0 radical (unpaired) electrons. The Morgan fingerprint density at radius 3 is 2.67 bits per heavy atom. The first-order valence-electron chi connectivity index (χ1n) is 7.23. The number of carbonyl (C=O) groups excluding carboxylic acids is 1. The van der Waals surface area contributed by atoms with Crippen molar-refractivity contribution >= 4 is 5.91 Å². The van der Waals surface area contributed by atoms with Gasteiger partial charge < -0.3 is 15.7 Å². The summed E-state index contributed by atoms with van der Waals surface area (Å²) < 4.78 is 0. The number of hydrogen-bond acceptors (Lipinski definition) is 3. The molecule has 3 aliphatic rings. The van der Waals surface area contributed by atoms with Crippen molar-refractivity contribution < 1.29 is 9.90 Å². The van der Waals surface area contributed by atoms with Gasteiger partial charge in [0.25, 0.3) is 0 Å². The number of fused-ring (bicyclic) bond motifs is 1. The second-order valence-corrected chi connectivity index (χ2v) is 6.71. The smallest absolute Gasteiger partial charge is 0.227 e. The molecular formula is C14H24N2O2. The number of likely N-dealkylation sites (tertiary alicyclic amines) is 1. The Morgan fingerprint density at radius 1 is 1.39 bits per heavy atom. The molecule has 3 N–H and O–H groups in total. The van der Waals surface area contributed by atoms with Crippen LogP contribution in [0.15, 0.2) is 0 Å².